The monoisotopic (exact) mass is 217 g/mol. The Hall–Kier alpha value is 0.270. The van der Waals surface area contributed by atoms with Gasteiger partial charge in [-0.3, -0.25) is 0 Å². The van der Waals surface area contributed by atoms with Crippen molar-refractivity contribution in [1.82, 2.24) is 0 Å². The van der Waals surface area contributed by atoms with Gasteiger partial charge in [0.2, 0.25) is 0 Å². The highest BCUT2D eigenvalue weighted by molar-refractivity contribution is 7.99. The lowest BCUT2D eigenvalue weighted by molar-refractivity contribution is 0.114. The predicted octanol–water partition coefficient (Wildman–Crippen LogP) is 2.27. The van der Waals surface area contributed by atoms with E-state index in [1.54, 1.807) is 0 Å². The minimum Gasteiger partial charge on any atom is -0.380 e. The standard InChI is InChI=1S/C11H23NOS/c1-2-5-13-9-11(12)8-10-3-6-14-7-4-10/h10-11H,2-9,12H2,1H3. The molecule has 0 aromatic rings. The Morgan fingerprint density at radius 3 is 2.79 bits per heavy atom. The van der Waals surface area contributed by atoms with E-state index in [1.807, 2.05) is 0 Å². The molecule has 1 saturated heterocycles. The quantitative estimate of drug-likeness (QED) is 0.693. The van der Waals surface area contributed by atoms with E-state index < -0.39 is 0 Å². The summed E-state index contributed by atoms with van der Waals surface area (Å²) in [6, 6.07) is 0.259. The molecule has 1 unspecified atom stereocenters. The summed E-state index contributed by atoms with van der Waals surface area (Å²) < 4.78 is 5.46. The first-order chi connectivity index (χ1) is 6.83. The van der Waals surface area contributed by atoms with E-state index in [2.05, 4.69) is 18.7 Å². The van der Waals surface area contributed by atoms with E-state index in [0.29, 0.717) is 0 Å². The number of rotatable bonds is 6. The summed E-state index contributed by atoms with van der Waals surface area (Å²) in [6.07, 6.45) is 4.95. The van der Waals surface area contributed by atoms with E-state index in [4.69, 9.17) is 10.5 Å². The predicted molar refractivity (Wildman–Crippen MR) is 63.8 cm³/mol. The van der Waals surface area contributed by atoms with Crippen LogP contribution in [0.15, 0.2) is 0 Å². The first kappa shape index (κ1) is 12.3. The number of hydrogen-bond donors (Lipinski definition) is 1. The summed E-state index contributed by atoms with van der Waals surface area (Å²) in [6.45, 7) is 3.73. The first-order valence-corrected chi connectivity index (χ1v) is 6.89. The summed E-state index contributed by atoms with van der Waals surface area (Å²) in [5.41, 5.74) is 6.01. The molecule has 0 amide bonds. The van der Waals surface area contributed by atoms with Gasteiger partial charge in [0, 0.05) is 12.6 Å². The van der Waals surface area contributed by atoms with Crippen molar-refractivity contribution < 1.29 is 4.74 Å². The minimum absolute atomic E-state index is 0.259. The fourth-order valence-corrected chi connectivity index (χ4v) is 3.06. The van der Waals surface area contributed by atoms with E-state index in [9.17, 15) is 0 Å². The van der Waals surface area contributed by atoms with Crippen LogP contribution < -0.4 is 5.73 Å². The topological polar surface area (TPSA) is 35.2 Å². The Morgan fingerprint density at radius 1 is 1.43 bits per heavy atom. The zero-order valence-corrected chi connectivity index (χ0v) is 10.0. The minimum atomic E-state index is 0.259. The van der Waals surface area contributed by atoms with Crippen molar-refractivity contribution in [3.63, 3.8) is 0 Å². The lowest BCUT2D eigenvalue weighted by atomic mass is 9.95. The third kappa shape index (κ3) is 5.23. The third-order valence-electron chi connectivity index (χ3n) is 2.66. The molecule has 1 atom stereocenters. The number of hydrogen-bond acceptors (Lipinski definition) is 3. The van der Waals surface area contributed by atoms with E-state index in [0.717, 1.165) is 32.0 Å². The van der Waals surface area contributed by atoms with Gasteiger partial charge < -0.3 is 10.5 Å². The Kier molecular flexibility index (Phi) is 6.65. The molecule has 1 aliphatic heterocycles. The van der Waals surface area contributed by atoms with Crippen LogP contribution in [0, 0.1) is 5.92 Å². The Morgan fingerprint density at radius 2 is 2.14 bits per heavy atom. The molecule has 1 fully saturated rings. The van der Waals surface area contributed by atoms with E-state index in [1.165, 1.54) is 24.3 Å². The van der Waals surface area contributed by atoms with Crippen LogP contribution in [0.1, 0.15) is 32.6 Å². The van der Waals surface area contributed by atoms with Crippen LogP contribution in [0.25, 0.3) is 0 Å². The summed E-state index contributed by atoms with van der Waals surface area (Å²) in [5, 5.41) is 0. The molecular formula is C11H23NOS. The Bertz CT molecular complexity index is 137. The molecule has 84 valence electrons. The van der Waals surface area contributed by atoms with Gasteiger partial charge in [0.25, 0.3) is 0 Å². The van der Waals surface area contributed by atoms with Crippen molar-refractivity contribution in [3.05, 3.63) is 0 Å². The highest BCUT2D eigenvalue weighted by Gasteiger charge is 2.16. The van der Waals surface area contributed by atoms with Crippen molar-refractivity contribution in [2.24, 2.45) is 11.7 Å². The molecule has 1 rings (SSSR count). The van der Waals surface area contributed by atoms with Gasteiger partial charge >= 0.3 is 0 Å². The van der Waals surface area contributed by atoms with Gasteiger partial charge in [0.15, 0.2) is 0 Å². The summed E-state index contributed by atoms with van der Waals surface area (Å²) in [4.78, 5) is 0. The van der Waals surface area contributed by atoms with Crippen LogP contribution in [-0.2, 0) is 4.74 Å². The average Bonchev–Trinajstić information content (AvgIpc) is 2.20. The van der Waals surface area contributed by atoms with Gasteiger partial charge in [-0.2, -0.15) is 11.8 Å². The first-order valence-electron chi connectivity index (χ1n) is 5.74. The highest BCUT2D eigenvalue weighted by Crippen LogP contribution is 2.25. The van der Waals surface area contributed by atoms with Crippen LogP contribution in [0.4, 0.5) is 0 Å². The highest BCUT2D eigenvalue weighted by atomic mass is 32.2. The van der Waals surface area contributed by atoms with E-state index >= 15 is 0 Å². The smallest absolute Gasteiger partial charge is 0.0617 e. The fraction of sp³-hybridized carbons (Fsp3) is 1.00. The van der Waals surface area contributed by atoms with Crippen LogP contribution in [0.2, 0.25) is 0 Å². The van der Waals surface area contributed by atoms with Crippen LogP contribution >= 0.6 is 11.8 Å². The van der Waals surface area contributed by atoms with Gasteiger partial charge in [-0.25, -0.2) is 0 Å². The molecule has 0 bridgehead atoms. The zero-order valence-electron chi connectivity index (χ0n) is 9.21. The third-order valence-corrected chi connectivity index (χ3v) is 3.71. The summed E-state index contributed by atoms with van der Waals surface area (Å²) in [5.74, 6) is 3.51. The lowest BCUT2D eigenvalue weighted by Crippen LogP contribution is -2.30. The molecule has 0 saturated carbocycles. The molecule has 2 N–H and O–H groups in total. The molecule has 0 aromatic heterocycles. The molecule has 2 nitrogen and oxygen atoms in total. The molecule has 3 heteroatoms. The number of ether oxygens (including phenoxy) is 1. The van der Waals surface area contributed by atoms with Gasteiger partial charge in [-0.05, 0) is 43.1 Å². The normalized spacial score (nSPS) is 21.0. The Labute approximate surface area is 92.0 Å². The second-order valence-electron chi connectivity index (χ2n) is 4.13. The van der Waals surface area contributed by atoms with E-state index in [-0.39, 0.29) is 6.04 Å². The van der Waals surface area contributed by atoms with Gasteiger partial charge in [-0.15, -0.1) is 0 Å². The largest absolute Gasteiger partial charge is 0.380 e. The average molecular weight is 217 g/mol. The molecule has 0 aromatic carbocycles. The second kappa shape index (κ2) is 7.55. The van der Waals surface area contributed by atoms with Crippen molar-refractivity contribution in [2.75, 3.05) is 24.7 Å². The molecule has 0 radical (unpaired) electrons. The molecular weight excluding hydrogens is 194 g/mol. The maximum Gasteiger partial charge on any atom is 0.0617 e. The molecule has 1 heterocycles. The lowest BCUT2D eigenvalue weighted by Gasteiger charge is -2.24. The summed E-state index contributed by atoms with van der Waals surface area (Å²) >= 11 is 2.08. The fourth-order valence-electron chi connectivity index (χ4n) is 1.86. The van der Waals surface area contributed by atoms with Crippen LogP contribution in [0.5, 0.6) is 0 Å². The SMILES string of the molecule is CCCOCC(N)CC1CCSCC1. The van der Waals surface area contributed by atoms with Crippen molar-refractivity contribution in [3.8, 4) is 0 Å². The maximum absolute atomic E-state index is 6.01. The van der Waals surface area contributed by atoms with Gasteiger partial charge in [0.1, 0.15) is 0 Å². The Balaban J connectivity index is 2.03. The van der Waals surface area contributed by atoms with Crippen LogP contribution in [-0.4, -0.2) is 30.8 Å². The maximum atomic E-state index is 6.01. The van der Waals surface area contributed by atoms with Gasteiger partial charge in [0.05, 0.1) is 6.61 Å². The summed E-state index contributed by atoms with van der Waals surface area (Å²) in [7, 11) is 0. The molecule has 14 heavy (non-hydrogen) atoms. The van der Waals surface area contributed by atoms with Crippen LogP contribution in [0.3, 0.4) is 0 Å². The number of nitrogens with two attached hydrogens (primary N) is 1. The molecule has 0 spiro atoms. The van der Waals surface area contributed by atoms with Gasteiger partial charge in [-0.1, -0.05) is 6.92 Å². The molecule has 0 aliphatic carbocycles. The second-order valence-corrected chi connectivity index (χ2v) is 5.35. The molecule has 1 aliphatic rings. The zero-order chi connectivity index (χ0) is 10.2. The van der Waals surface area contributed by atoms with Crippen molar-refractivity contribution in [1.29, 1.82) is 0 Å². The van der Waals surface area contributed by atoms with Crippen molar-refractivity contribution in [2.45, 2.75) is 38.6 Å². The number of thioether (sulfide) groups is 1. The van der Waals surface area contributed by atoms with Crippen molar-refractivity contribution >= 4 is 11.8 Å².